The Labute approximate surface area is 59.1 Å². The van der Waals surface area contributed by atoms with Crippen LogP contribution < -0.4 is 0 Å². The van der Waals surface area contributed by atoms with Crippen molar-refractivity contribution in [2.75, 3.05) is 25.8 Å². The first kappa shape index (κ1) is 9.88. The maximum absolute atomic E-state index is 13.5. The van der Waals surface area contributed by atoms with Crippen molar-refractivity contribution in [2.24, 2.45) is 0 Å². The third-order valence-corrected chi connectivity index (χ3v) is 17.7. The van der Waals surface area contributed by atoms with Gasteiger partial charge in [-0.3, -0.25) is 0 Å². The van der Waals surface area contributed by atoms with Crippen molar-refractivity contribution >= 4 is 28.9 Å². The standard InChI is InChI=1S/C5H15FP2S/c1-7-8(2)9(3,4,5)6/h8H,3H2,1-2,4-5H3. The molecule has 0 heterocycles. The maximum atomic E-state index is 13.5. The first-order valence-electron chi connectivity index (χ1n) is 2.63. The summed E-state index contributed by atoms with van der Waals surface area (Å²) in [5, 5.41) is 0. The van der Waals surface area contributed by atoms with Crippen LogP contribution in [0.2, 0.25) is 0 Å². The van der Waals surface area contributed by atoms with Gasteiger partial charge >= 0.3 is 0 Å². The smallest absolute Gasteiger partial charge is 0.0104 e. The largest absolute Gasteiger partial charge is 0.192 e. The molecule has 0 aromatic carbocycles. The molecule has 58 valence electrons. The zero-order valence-corrected chi connectivity index (χ0v) is 9.15. The van der Waals surface area contributed by atoms with Crippen LogP contribution in [0.25, 0.3) is 0 Å². The fourth-order valence-electron chi connectivity index (χ4n) is 0.282. The second kappa shape index (κ2) is 2.49. The Morgan fingerprint density at radius 1 is 1.56 bits per heavy atom. The second-order valence-electron chi connectivity index (χ2n) is 2.78. The Hall–Kier alpha value is 0.880. The van der Waals surface area contributed by atoms with E-state index < -0.39 is 15.2 Å². The van der Waals surface area contributed by atoms with Crippen molar-refractivity contribution in [3.8, 4) is 0 Å². The van der Waals surface area contributed by atoms with E-state index >= 15 is 0 Å². The summed E-state index contributed by atoms with van der Waals surface area (Å²) in [6, 6.07) is 0. The molecule has 1 atom stereocenters. The predicted molar refractivity (Wildman–Crippen MR) is 54.8 cm³/mol. The van der Waals surface area contributed by atoms with Crippen molar-refractivity contribution < 1.29 is 3.89 Å². The molecule has 0 nitrogen and oxygen atoms in total. The van der Waals surface area contributed by atoms with E-state index in [0.717, 1.165) is 0 Å². The molecule has 0 saturated heterocycles. The summed E-state index contributed by atoms with van der Waals surface area (Å²) in [6.07, 6.45) is 2.52. The molecule has 4 heteroatoms. The van der Waals surface area contributed by atoms with Crippen LogP contribution in [0.5, 0.6) is 0 Å². The van der Waals surface area contributed by atoms with Crippen LogP contribution in [-0.2, 0) is 0 Å². The molecule has 0 rings (SSSR count). The van der Waals surface area contributed by atoms with Gasteiger partial charge in [-0.1, -0.05) is 5.87 Å². The molecule has 0 aliphatic rings. The third kappa shape index (κ3) is 3.55. The summed E-state index contributed by atoms with van der Waals surface area (Å²) in [5.41, 5.74) is 0. The van der Waals surface area contributed by atoms with E-state index in [9.17, 15) is 3.89 Å². The monoisotopic (exact) mass is 188 g/mol. The minimum atomic E-state index is -2.65. The van der Waals surface area contributed by atoms with Crippen molar-refractivity contribution in [3.05, 3.63) is 0 Å². The highest BCUT2D eigenvalue weighted by molar-refractivity contribution is 8.85. The van der Waals surface area contributed by atoms with Gasteiger partial charge in [0.2, 0.25) is 0 Å². The molecule has 1 unspecified atom stereocenters. The van der Waals surface area contributed by atoms with Crippen LogP contribution in [0.3, 0.4) is 0 Å². The predicted octanol–water partition coefficient (Wildman–Crippen LogP) is 3.15. The van der Waals surface area contributed by atoms with Crippen LogP contribution in [0.15, 0.2) is 0 Å². The van der Waals surface area contributed by atoms with Crippen molar-refractivity contribution in [1.82, 2.24) is 0 Å². The number of halogens is 1. The number of rotatable bonds is 1. The first-order valence-corrected chi connectivity index (χ1v) is 10.5. The third-order valence-electron chi connectivity index (χ3n) is 1.23. The minimum absolute atomic E-state index is 0.840. The molecule has 0 aromatic rings. The lowest BCUT2D eigenvalue weighted by molar-refractivity contribution is 0.919. The van der Waals surface area contributed by atoms with Gasteiger partial charge < -0.3 is 0 Å². The highest BCUT2D eigenvalue weighted by Crippen LogP contribution is 2.75. The summed E-state index contributed by atoms with van der Waals surface area (Å²) in [7, 11) is -1.44. The fraction of sp³-hybridized carbons (Fsp3) is 0.800. The highest BCUT2D eigenvalue weighted by atomic mass is 32.9. The summed E-state index contributed by atoms with van der Waals surface area (Å²) in [6.45, 7) is 4.03. The van der Waals surface area contributed by atoms with E-state index in [1.807, 2.05) is 13.3 Å². The molecular weight excluding hydrogens is 173 g/mol. The molecule has 0 radical (unpaired) electrons. The zero-order valence-electron chi connectivity index (χ0n) is 6.44. The maximum Gasteiger partial charge on any atom is -0.0104 e. The lowest BCUT2D eigenvalue weighted by Gasteiger charge is -2.31. The minimum Gasteiger partial charge on any atom is -0.192 e. The Morgan fingerprint density at radius 3 is 1.89 bits per heavy atom. The van der Waals surface area contributed by atoms with E-state index in [-0.39, 0.29) is 0 Å². The summed E-state index contributed by atoms with van der Waals surface area (Å²) >= 11 is 0. The van der Waals surface area contributed by atoms with Gasteiger partial charge in [0.1, 0.15) is 0 Å². The summed E-state index contributed by atoms with van der Waals surface area (Å²) < 4.78 is 13.5. The van der Waals surface area contributed by atoms with Crippen molar-refractivity contribution in [1.29, 1.82) is 0 Å². The molecule has 9 heavy (non-hydrogen) atoms. The van der Waals surface area contributed by atoms with Crippen LogP contribution >= 0.6 is 23.0 Å². The van der Waals surface area contributed by atoms with E-state index in [1.165, 1.54) is 7.87 Å². The van der Waals surface area contributed by atoms with E-state index in [4.69, 9.17) is 0 Å². The van der Waals surface area contributed by atoms with Crippen LogP contribution in [0, 0.1) is 0 Å². The molecule has 0 bridgehead atoms. The van der Waals surface area contributed by atoms with Crippen LogP contribution in [-0.4, -0.2) is 31.7 Å². The molecule has 0 spiro atoms. The van der Waals surface area contributed by atoms with Gasteiger partial charge in [-0.05, 0) is 32.3 Å². The molecule has 0 amide bonds. The average Bonchev–Trinajstić information content (AvgIpc) is 1.60. The van der Waals surface area contributed by atoms with Gasteiger partial charge in [-0.2, -0.15) is 3.89 Å². The molecule has 0 aliphatic heterocycles. The van der Waals surface area contributed by atoms with E-state index in [0.29, 0.717) is 0 Å². The van der Waals surface area contributed by atoms with Gasteiger partial charge in [0.25, 0.3) is 0 Å². The van der Waals surface area contributed by atoms with Crippen LogP contribution in [0.1, 0.15) is 0 Å². The average molecular weight is 188 g/mol. The van der Waals surface area contributed by atoms with Gasteiger partial charge in [-0.15, -0.1) is 16.6 Å². The molecule has 0 aliphatic carbocycles. The Morgan fingerprint density at radius 2 is 1.89 bits per heavy atom. The van der Waals surface area contributed by atoms with E-state index in [2.05, 4.69) is 5.87 Å². The van der Waals surface area contributed by atoms with Gasteiger partial charge in [0.05, 0.1) is 0 Å². The van der Waals surface area contributed by atoms with E-state index in [1.54, 1.807) is 12.5 Å². The van der Waals surface area contributed by atoms with Gasteiger partial charge in [0.15, 0.2) is 0 Å². The van der Waals surface area contributed by atoms with Crippen LogP contribution in [0.4, 0.5) is 3.89 Å². The van der Waals surface area contributed by atoms with Crippen molar-refractivity contribution in [2.45, 2.75) is 0 Å². The van der Waals surface area contributed by atoms with Crippen molar-refractivity contribution in [3.63, 3.8) is 0 Å². The molecule has 0 fully saturated rings. The van der Waals surface area contributed by atoms with Gasteiger partial charge in [0, 0.05) is 0 Å². The summed E-state index contributed by atoms with van der Waals surface area (Å²) in [4.78, 5) is 0. The normalized spacial score (nSPS) is 20.8. The Balaban J connectivity index is 4.80. The second-order valence-corrected chi connectivity index (χ2v) is 18.2. The molecule has 0 saturated carbocycles. The van der Waals surface area contributed by atoms with Gasteiger partial charge in [-0.25, -0.2) is 0 Å². The number of hydrogen-bond acceptors (Lipinski definition) is 0. The lowest BCUT2D eigenvalue weighted by atomic mass is 11.9. The lowest BCUT2D eigenvalue weighted by Crippen LogP contribution is -1.85. The number of hydrogen-bond donors (Lipinski definition) is 0. The molecule has 0 aromatic heterocycles. The Kier molecular flexibility index (Phi) is 2.73. The molecule has 0 N–H and O–H groups in total. The summed E-state index contributed by atoms with van der Waals surface area (Å²) in [5.74, 6) is 3.65. The first-order chi connectivity index (χ1) is 3.74. The molecular formula is C5H15FP2S. The zero-order chi connectivity index (χ0) is 7.73. The highest BCUT2D eigenvalue weighted by Gasteiger charge is 2.16. The SMILES string of the molecule is C=S(C)(C)(F)/[PH](C)=P/C. The quantitative estimate of drug-likeness (QED) is 0.438. The topological polar surface area (TPSA) is 0 Å². The fourth-order valence-corrected chi connectivity index (χ4v) is 7.60. The Bertz CT molecular complexity index is 190.